The predicted octanol–water partition coefficient (Wildman–Crippen LogP) is 2.17. The Hall–Kier alpha value is -2.28. The van der Waals surface area contributed by atoms with Gasteiger partial charge in [-0.05, 0) is 18.9 Å². The van der Waals surface area contributed by atoms with Crippen molar-refractivity contribution in [2.75, 3.05) is 13.1 Å². The number of benzene rings is 1. The first-order valence-corrected chi connectivity index (χ1v) is 7.85. The van der Waals surface area contributed by atoms with Gasteiger partial charge in [-0.15, -0.1) is 0 Å². The van der Waals surface area contributed by atoms with E-state index in [4.69, 9.17) is 0 Å². The Balaban J connectivity index is 2.11. The number of carboxylic acids is 1. The molecule has 7 heteroatoms. The lowest BCUT2D eigenvalue weighted by Crippen LogP contribution is -2.55. The van der Waals surface area contributed by atoms with Crippen molar-refractivity contribution in [2.45, 2.75) is 31.2 Å². The summed E-state index contributed by atoms with van der Waals surface area (Å²) in [5.41, 5.74) is -2.01. The molecule has 5 nitrogen and oxygen atoms in total. The predicted molar refractivity (Wildman–Crippen MR) is 83.6 cm³/mol. The van der Waals surface area contributed by atoms with Crippen LogP contribution in [-0.2, 0) is 5.41 Å². The molecular formula is C17H16F2N2O3. The van der Waals surface area contributed by atoms with Crippen LogP contribution in [0.1, 0.15) is 41.7 Å². The van der Waals surface area contributed by atoms with Crippen molar-refractivity contribution in [1.29, 1.82) is 0 Å². The zero-order chi connectivity index (χ0) is 17.2. The molecule has 1 saturated carbocycles. The van der Waals surface area contributed by atoms with Gasteiger partial charge in [-0.25, -0.2) is 13.6 Å². The molecule has 0 bridgehead atoms. The van der Waals surface area contributed by atoms with Crippen LogP contribution in [0.5, 0.6) is 0 Å². The van der Waals surface area contributed by atoms with Gasteiger partial charge in [-0.2, -0.15) is 0 Å². The number of pyridine rings is 1. The van der Waals surface area contributed by atoms with Gasteiger partial charge in [0.15, 0.2) is 5.82 Å². The molecule has 1 aromatic heterocycles. The van der Waals surface area contributed by atoms with Crippen LogP contribution in [0.15, 0.2) is 17.1 Å². The molecule has 1 saturated heterocycles. The molecule has 0 spiro atoms. The first kappa shape index (κ1) is 15.3. The van der Waals surface area contributed by atoms with Crippen molar-refractivity contribution in [2.24, 2.45) is 0 Å². The summed E-state index contributed by atoms with van der Waals surface area (Å²) in [6.07, 6.45) is 2.75. The van der Waals surface area contributed by atoms with Gasteiger partial charge in [0.25, 0.3) is 0 Å². The summed E-state index contributed by atoms with van der Waals surface area (Å²) in [7, 11) is 0. The van der Waals surface area contributed by atoms with Crippen LogP contribution >= 0.6 is 0 Å². The van der Waals surface area contributed by atoms with Gasteiger partial charge in [0.2, 0.25) is 5.43 Å². The van der Waals surface area contributed by atoms with E-state index in [2.05, 4.69) is 5.32 Å². The highest BCUT2D eigenvalue weighted by molar-refractivity contribution is 5.93. The van der Waals surface area contributed by atoms with Crippen molar-refractivity contribution in [1.82, 2.24) is 9.88 Å². The Morgan fingerprint density at radius 1 is 1.38 bits per heavy atom. The molecule has 0 amide bonds. The van der Waals surface area contributed by atoms with Gasteiger partial charge in [0, 0.05) is 36.3 Å². The van der Waals surface area contributed by atoms with Crippen molar-refractivity contribution >= 4 is 16.9 Å². The monoisotopic (exact) mass is 334 g/mol. The Labute approximate surface area is 135 Å². The highest BCUT2D eigenvalue weighted by Crippen LogP contribution is 2.40. The van der Waals surface area contributed by atoms with Gasteiger partial charge in [0.1, 0.15) is 11.4 Å². The minimum absolute atomic E-state index is 0.0111. The minimum Gasteiger partial charge on any atom is -0.477 e. The molecule has 0 atom stereocenters. The molecule has 24 heavy (non-hydrogen) atoms. The van der Waals surface area contributed by atoms with Crippen LogP contribution in [0, 0.1) is 11.6 Å². The second kappa shape index (κ2) is 4.86. The minimum atomic E-state index is -1.39. The van der Waals surface area contributed by atoms with E-state index >= 15 is 4.39 Å². The number of rotatable bonds is 3. The number of hydrogen-bond acceptors (Lipinski definition) is 3. The van der Waals surface area contributed by atoms with E-state index in [1.54, 1.807) is 6.92 Å². The second-order valence-electron chi connectivity index (χ2n) is 6.92. The maximum atomic E-state index is 15.2. The van der Waals surface area contributed by atoms with Crippen LogP contribution in [0.2, 0.25) is 0 Å². The fourth-order valence-electron chi connectivity index (χ4n) is 3.46. The average Bonchev–Trinajstić information content (AvgIpc) is 3.30. The summed E-state index contributed by atoms with van der Waals surface area (Å²) in [5, 5.41) is 12.0. The summed E-state index contributed by atoms with van der Waals surface area (Å²) in [6, 6.07) is 0.941. The Morgan fingerprint density at radius 2 is 2.04 bits per heavy atom. The number of nitrogens with zero attached hydrogens (tertiary/aromatic N) is 1. The summed E-state index contributed by atoms with van der Waals surface area (Å²) in [5.74, 6) is -2.95. The van der Waals surface area contributed by atoms with E-state index in [0.29, 0.717) is 13.1 Å². The fraction of sp³-hybridized carbons (Fsp3) is 0.412. The third kappa shape index (κ3) is 2.00. The summed E-state index contributed by atoms with van der Waals surface area (Å²) >= 11 is 0. The number of halogens is 2. The van der Waals surface area contributed by atoms with Crippen LogP contribution in [0.4, 0.5) is 8.78 Å². The molecule has 1 aromatic carbocycles. The molecule has 4 rings (SSSR count). The van der Waals surface area contributed by atoms with E-state index in [-0.39, 0.29) is 22.5 Å². The maximum absolute atomic E-state index is 15.2. The third-order valence-corrected chi connectivity index (χ3v) is 5.01. The molecular weight excluding hydrogens is 318 g/mol. The van der Waals surface area contributed by atoms with Crippen LogP contribution in [-0.4, -0.2) is 28.7 Å². The third-order valence-electron chi connectivity index (χ3n) is 5.01. The highest BCUT2D eigenvalue weighted by Gasteiger charge is 2.40. The molecule has 0 radical (unpaired) electrons. The molecule has 2 heterocycles. The standard InChI is InChI=1S/C17H16F2N2O3/c1-17(6-20-7-17)12-11(18)4-9-14(13(12)19)21(8-2-3-8)5-10(15(9)22)16(23)24/h4-5,8,20H,2-3,6-7H2,1H3,(H,23,24). The second-order valence-corrected chi connectivity index (χ2v) is 6.92. The zero-order valence-corrected chi connectivity index (χ0v) is 13.0. The lowest BCUT2D eigenvalue weighted by molar-refractivity contribution is 0.0694. The normalized spacial score (nSPS) is 19.3. The Morgan fingerprint density at radius 3 is 2.54 bits per heavy atom. The first-order chi connectivity index (χ1) is 11.3. The summed E-state index contributed by atoms with van der Waals surface area (Å²) < 4.78 is 31.3. The molecule has 0 unspecified atom stereocenters. The number of aromatic nitrogens is 1. The average molecular weight is 334 g/mol. The fourth-order valence-corrected chi connectivity index (χ4v) is 3.46. The molecule has 2 aliphatic rings. The number of nitrogens with one attached hydrogen (secondary N) is 1. The Bertz CT molecular complexity index is 943. The first-order valence-electron chi connectivity index (χ1n) is 7.85. The molecule has 126 valence electrons. The quantitative estimate of drug-likeness (QED) is 0.902. The molecule has 1 aliphatic carbocycles. The van der Waals surface area contributed by atoms with E-state index < -0.39 is 34.0 Å². The van der Waals surface area contributed by atoms with Gasteiger partial charge in [-0.3, -0.25) is 4.79 Å². The van der Waals surface area contributed by atoms with Crippen molar-refractivity contribution in [3.8, 4) is 0 Å². The van der Waals surface area contributed by atoms with E-state index in [9.17, 15) is 19.1 Å². The number of carboxylic acid groups (broad SMARTS) is 1. The lowest BCUT2D eigenvalue weighted by Gasteiger charge is -2.40. The maximum Gasteiger partial charge on any atom is 0.341 e. The van der Waals surface area contributed by atoms with Gasteiger partial charge in [-0.1, -0.05) is 6.92 Å². The molecule has 2 aromatic rings. The van der Waals surface area contributed by atoms with Gasteiger partial charge in [0.05, 0.1) is 10.9 Å². The van der Waals surface area contributed by atoms with Crippen LogP contribution in [0.3, 0.4) is 0 Å². The highest BCUT2D eigenvalue weighted by atomic mass is 19.1. The summed E-state index contributed by atoms with van der Waals surface area (Å²) in [4.78, 5) is 23.7. The number of fused-ring (bicyclic) bond motifs is 1. The SMILES string of the molecule is CC1(c2c(F)cc3c(=O)c(C(=O)O)cn(C4CC4)c3c2F)CNC1. The molecule has 1 aliphatic heterocycles. The van der Waals surface area contributed by atoms with Gasteiger partial charge >= 0.3 is 5.97 Å². The van der Waals surface area contributed by atoms with Gasteiger partial charge < -0.3 is 15.0 Å². The zero-order valence-electron chi connectivity index (χ0n) is 13.0. The van der Waals surface area contributed by atoms with Crippen molar-refractivity contribution < 1.29 is 18.7 Å². The summed E-state index contributed by atoms with van der Waals surface area (Å²) in [6.45, 7) is 2.67. The lowest BCUT2D eigenvalue weighted by atomic mass is 9.76. The Kier molecular flexibility index (Phi) is 3.09. The molecule has 2 fully saturated rings. The van der Waals surface area contributed by atoms with E-state index in [0.717, 1.165) is 18.9 Å². The number of carbonyl (C=O) groups is 1. The number of aromatic carboxylic acids is 1. The molecule has 2 N–H and O–H groups in total. The largest absolute Gasteiger partial charge is 0.477 e. The number of hydrogen-bond donors (Lipinski definition) is 2. The van der Waals surface area contributed by atoms with E-state index in [1.165, 1.54) is 10.8 Å². The van der Waals surface area contributed by atoms with Crippen molar-refractivity contribution in [3.05, 3.63) is 45.2 Å². The van der Waals surface area contributed by atoms with Crippen LogP contribution < -0.4 is 10.7 Å². The van der Waals surface area contributed by atoms with Crippen molar-refractivity contribution in [3.63, 3.8) is 0 Å². The van der Waals surface area contributed by atoms with E-state index in [1.807, 2.05) is 0 Å². The smallest absolute Gasteiger partial charge is 0.341 e. The topological polar surface area (TPSA) is 71.3 Å². The van der Waals surface area contributed by atoms with Crippen LogP contribution in [0.25, 0.3) is 10.9 Å².